The molecule has 2 N–H and O–H groups in total. The SMILES string of the molecule is CCNC(=NCc1ccnc(OC(C)CC(C)C)c1)NCC(C)N1CCOCC1. The topological polar surface area (TPSA) is 71.0 Å². The molecule has 0 bridgehead atoms. The van der Waals surface area contributed by atoms with E-state index in [1.165, 1.54) is 0 Å². The number of hydrogen-bond donors (Lipinski definition) is 2. The Bertz CT molecular complexity index is 617. The van der Waals surface area contributed by atoms with Crippen LogP contribution in [0, 0.1) is 5.92 Å². The van der Waals surface area contributed by atoms with Crippen molar-refractivity contribution in [2.24, 2.45) is 10.9 Å². The normalized spacial score (nSPS) is 17.8. The lowest BCUT2D eigenvalue weighted by atomic mass is 10.1. The van der Waals surface area contributed by atoms with Crippen LogP contribution in [-0.2, 0) is 11.3 Å². The fourth-order valence-electron chi connectivity index (χ4n) is 3.44. The highest BCUT2D eigenvalue weighted by molar-refractivity contribution is 5.79. The lowest BCUT2D eigenvalue weighted by Gasteiger charge is -2.32. The molecule has 1 aliphatic heterocycles. The van der Waals surface area contributed by atoms with Gasteiger partial charge in [-0.3, -0.25) is 4.90 Å². The van der Waals surface area contributed by atoms with E-state index in [0.717, 1.165) is 57.3 Å². The predicted molar refractivity (Wildman–Crippen MR) is 118 cm³/mol. The molecular formula is C22H39N5O2. The van der Waals surface area contributed by atoms with Gasteiger partial charge in [-0.25, -0.2) is 9.98 Å². The van der Waals surface area contributed by atoms with Crippen LogP contribution in [0.2, 0.25) is 0 Å². The molecule has 1 aromatic rings. The highest BCUT2D eigenvalue weighted by Crippen LogP contribution is 2.15. The van der Waals surface area contributed by atoms with Crippen LogP contribution in [0.5, 0.6) is 5.88 Å². The van der Waals surface area contributed by atoms with Gasteiger partial charge in [0, 0.05) is 44.5 Å². The quantitative estimate of drug-likeness (QED) is 0.461. The van der Waals surface area contributed by atoms with Gasteiger partial charge in [-0.2, -0.15) is 0 Å². The molecule has 164 valence electrons. The van der Waals surface area contributed by atoms with E-state index in [2.05, 4.69) is 55.1 Å². The fourth-order valence-corrected chi connectivity index (χ4v) is 3.44. The highest BCUT2D eigenvalue weighted by Gasteiger charge is 2.17. The van der Waals surface area contributed by atoms with Crippen molar-refractivity contribution >= 4 is 5.96 Å². The molecule has 2 atom stereocenters. The van der Waals surface area contributed by atoms with Gasteiger partial charge in [-0.15, -0.1) is 0 Å². The Morgan fingerprint density at radius 2 is 2.00 bits per heavy atom. The van der Waals surface area contributed by atoms with Crippen molar-refractivity contribution in [1.82, 2.24) is 20.5 Å². The van der Waals surface area contributed by atoms with E-state index in [9.17, 15) is 0 Å². The maximum atomic E-state index is 5.96. The van der Waals surface area contributed by atoms with E-state index in [0.29, 0.717) is 24.4 Å². The van der Waals surface area contributed by atoms with E-state index >= 15 is 0 Å². The number of aromatic nitrogens is 1. The molecule has 2 rings (SSSR count). The maximum absolute atomic E-state index is 5.96. The number of pyridine rings is 1. The number of rotatable bonds is 10. The maximum Gasteiger partial charge on any atom is 0.213 e. The first-order chi connectivity index (χ1) is 14.0. The summed E-state index contributed by atoms with van der Waals surface area (Å²) >= 11 is 0. The molecule has 0 saturated carbocycles. The molecule has 1 aliphatic rings. The Morgan fingerprint density at radius 1 is 1.24 bits per heavy atom. The van der Waals surface area contributed by atoms with Crippen LogP contribution in [0.4, 0.5) is 0 Å². The van der Waals surface area contributed by atoms with Crippen LogP contribution < -0.4 is 15.4 Å². The van der Waals surface area contributed by atoms with Gasteiger partial charge in [-0.1, -0.05) is 13.8 Å². The van der Waals surface area contributed by atoms with Crippen LogP contribution in [0.25, 0.3) is 0 Å². The molecule has 0 spiro atoms. The average molecular weight is 406 g/mol. The summed E-state index contributed by atoms with van der Waals surface area (Å²) in [6.07, 6.45) is 2.96. The van der Waals surface area contributed by atoms with Crippen LogP contribution in [-0.4, -0.2) is 67.4 Å². The van der Waals surface area contributed by atoms with Crippen LogP contribution in [0.3, 0.4) is 0 Å². The zero-order chi connectivity index (χ0) is 21.1. The van der Waals surface area contributed by atoms with Gasteiger partial charge in [0.05, 0.1) is 25.9 Å². The molecule has 1 saturated heterocycles. The van der Waals surface area contributed by atoms with Gasteiger partial charge >= 0.3 is 0 Å². The van der Waals surface area contributed by atoms with Crippen molar-refractivity contribution in [3.8, 4) is 5.88 Å². The summed E-state index contributed by atoms with van der Waals surface area (Å²) in [6.45, 7) is 16.7. The Hall–Kier alpha value is -1.86. The van der Waals surface area contributed by atoms with Crippen molar-refractivity contribution in [1.29, 1.82) is 0 Å². The summed E-state index contributed by atoms with van der Waals surface area (Å²) in [5, 5.41) is 6.79. The second kappa shape index (κ2) is 12.6. The zero-order valence-electron chi connectivity index (χ0n) is 18.8. The molecule has 2 heterocycles. The van der Waals surface area contributed by atoms with Crippen LogP contribution in [0.15, 0.2) is 23.3 Å². The van der Waals surface area contributed by atoms with Gasteiger partial charge in [-0.05, 0) is 44.7 Å². The fraction of sp³-hybridized carbons (Fsp3) is 0.727. The van der Waals surface area contributed by atoms with E-state index < -0.39 is 0 Å². The van der Waals surface area contributed by atoms with Crippen molar-refractivity contribution in [3.05, 3.63) is 23.9 Å². The van der Waals surface area contributed by atoms with E-state index in [1.54, 1.807) is 6.20 Å². The molecule has 29 heavy (non-hydrogen) atoms. The monoisotopic (exact) mass is 405 g/mol. The minimum absolute atomic E-state index is 0.155. The standard InChI is InChI=1S/C22H39N5O2/c1-6-23-22(25-15-18(4)27-9-11-28-12-10-27)26-16-20-7-8-24-21(14-20)29-19(5)13-17(2)3/h7-8,14,17-19H,6,9-13,15-16H2,1-5H3,(H2,23,25,26). The molecule has 0 radical (unpaired) electrons. The summed E-state index contributed by atoms with van der Waals surface area (Å²) in [4.78, 5) is 11.5. The van der Waals surface area contributed by atoms with Crippen LogP contribution in [0.1, 0.15) is 46.6 Å². The smallest absolute Gasteiger partial charge is 0.213 e. The largest absolute Gasteiger partial charge is 0.475 e. The molecule has 0 aromatic carbocycles. The Kier molecular flexibility index (Phi) is 10.2. The first kappa shape index (κ1) is 23.4. The third-order valence-electron chi connectivity index (χ3n) is 4.92. The average Bonchev–Trinajstić information content (AvgIpc) is 2.70. The van der Waals surface area contributed by atoms with Gasteiger partial charge in [0.2, 0.25) is 5.88 Å². The number of nitrogens with one attached hydrogen (secondary N) is 2. The minimum Gasteiger partial charge on any atom is -0.475 e. The number of guanidine groups is 1. The summed E-state index contributed by atoms with van der Waals surface area (Å²) in [5.74, 6) is 2.11. The summed E-state index contributed by atoms with van der Waals surface area (Å²) in [6, 6.07) is 4.41. The van der Waals surface area contributed by atoms with E-state index in [1.807, 2.05) is 12.1 Å². The van der Waals surface area contributed by atoms with Gasteiger partial charge < -0.3 is 20.1 Å². The minimum atomic E-state index is 0.155. The lowest BCUT2D eigenvalue weighted by molar-refractivity contribution is 0.0211. The molecule has 2 unspecified atom stereocenters. The summed E-state index contributed by atoms with van der Waals surface area (Å²) < 4.78 is 11.4. The second-order valence-electron chi connectivity index (χ2n) is 8.13. The second-order valence-corrected chi connectivity index (χ2v) is 8.13. The number of aliphatic imine (C=N–C) groups is 1. The van der Waals surface area contributed by atoms with E-state index in [4.69, 9.17) is 14.5 Å². The number of nitrogens with zero attached hydrogens (tertiary/aromatic N) is 3. The van der Waals surface area contributed by atoms with Crippen molar-refractivity contribution in [2.45, 2.75) is 59.7 Å². The Balaban J connectivity index is 1.89. The number of morpholine rings is 1. The van der Waals surface area contributed by atoms with Gasteiger partial charge in [0.25, 0.3) is 0 Å². The van der Waals surface area contributed by atoms with Crippen molar-refractivity contribution in [2.75, 3.05) is 39.4 Å². The molecule has 7 nitrogen and oxygen atoms in total. The van der Waals surface area contributed by atoms with Crippen molar-refractivity contribution in [3.63, 3.8) is 0 Å². The first-order valence-electron chi connectivity index (χ1n) is 10.9. The third-order valence-corrected chi connectivity index (χ3v) is 4.92. The molecule has 7 heteroatoms. The lowest BCUT2D eigenvalue weighted by Crippen LogP contribution is -2.49. The van der Waals surface area contributed by atoms with Gasteiger partial charge in [0.15, 0.2) is 5.96 Å². The molecular weight excluding hydrogens is 366 g/mol. The number of hydrogen-bond acceptors (Lipinski definition) is 5. The van der Waals surface area contributed by atoms with E-state index in [-0.39, 0.29) is 6.10 Å². The summed E-state index contributed by atoms with van der Waals surface area (Å²) in [7, 11) is 0. The molecule has 0 aliphatic carbocycles. The Morgan fingerprint density at radius 3 is 2.69 bits per heavy atom. The zero-order valence-corrected chi connectivity index (χ0v) is 18.8. The molecule has 0 amide bonds. The van der Waals surface area contributed by atoms with Crippen LogP contribution >= 0.6 is 0 Å². The predicted octanol–water partition coefficient (Wildman–Crippen LogP) is 2.67. The molecule has 1 fully saturated rings. The summed E-state index contributed by atoms with van der Waals surface area (Å²) in [5.41, 5.74) is 1.09. The first-order valence-corrected chi connectivity index (χ1v) is 10.9. The number of ether oxygens (including phenoxy) is 2. The molecule has 1 aromatic heterocycles. The van der Waals surface area contributed by atoms with Gasteiger partial charge in [0.1, 0.15) is 0 Å². The van der Waals surface area contributed by atoms with Crippen molar-refractivity contribution < 1.29 is 9.47 Å². The Labute approximate surface area is 176 Å². The third kappa shape index (κ3) is 9.00. The highest BCUT2D eigenvalue weighted by atomic mass is 16.5.